The van der Waals surface area contributed by atoms with Crippen molar-refractivity contribution < 1.29 is 14.6 Å². The lowest BCUT2D eigenvalue weighted by Crippen LogP contribution is -2.36. The number of aliphatic hydroxyl groups is 1. The third kappa shape index (κ3) is 5.42. The molecule has 2 aromatic heterocycles. The number of nitrogens with two attached hydrogens (primary N) is 1. The zero-order valence-electron chi connectivity index (χ0n) is 23.6. The number of ether oxygens (including phenoxy) is 1. The van der Waals surface area contributed by atoms with Gasteiger partial charge in [-0.15, -0.1) is 11.3 Å². The summed E-state index contributed by atoms with van der Waals surface area (Å²) in [5.41, 5.74) is 11.2. The molecule has 4 aromatic rings. The molecule has 10 heteroatoms. The van der Waals surface area contributed by atoms with Crippen molar-refractivity contribution in [3.05, 3.63) is 80.8 Å². The Morgan fingerprint density at radius 3 is 2.49 bits per heavy atom. The standard InChI is InChI=1S/C31H34N6O3S/c1-31(2,3)25-16-20-17-37(29(39)27(20)41-25)24-6-4-5-22(23(24)18-38)28-33-26(34-30(32)35-28)15-19-7-9-21(10-8-19)36-11-13-40-14-12-36/h4-10,16,38H,11-15,17-18H2,1-3H3,(H2,32,33,34,35). The van der Waals surface area contributed by atoms with Crippen molar-refractivity contribution in [3.8, 4) is 11.4 Å². The SMILES string of the molecule is CC(C)(C)c1cc2c(s1)C(=O)N(c1cccc(-c3nc(N)nc(Cc4ccc(N5CCOCC5)cc4)n3)c1CO)C2. The number of carbonyl (C=O) groups excluding carboxylic acids is 1. The normalized spacial score (nSPS) is 15.5. The van der Waals surface area contributed by atoms with Gasteiger partial charge in [0.05, 0.1) is 36.9 Å². The van der Waals surface area contributed by atoms with Crippen LogP contribution in [0, 0.1) is 0 Å². The number of amides is 1. The van der Waals surface area contributed by atoms with E-state index in [2.05, 4.69) is 66.0 Å². The number of nitrogens with zero attached hydrogens (tertiary/aromatic N) is 5. The van der Waals surface area contributed by atoms with Gasteiger partial charge in [0.1, 0.15) is 5.82 Å². The van der Waals surface area contributed by atoms with E-state index in [1.165, 1.54) is 4.88 Å². The summed E-state index contributed by atoms with van der Waals surface area (Å²) in [7, 11) is 0. The average Bonchev–Trinajstić information content (AvgIpc) is 3.53. The van der Waals surface area contributed by atoms with E-state index in [-0.39, 0.29) is 23.9 Å². The van der Waals surface area contributed by atoms with Gasteiger partial charge in [-0.2, -0.15) is 9.97 Å². The molecule has 41 heavy (non-hydrogen) atoms. The van der Waals surface area contributed by atoms with Crippen LogP contribution >= 0.6 is 11.3 Å². The monoisotopic (exact) mass is 570 g/mol. The molecule has 1 saturated heterocycles. The number of thiophene rings is 1. The molecule has 9 nitrogen and oxygen atoms in total. The van der Waals surface area contributed by atoms with Crippen LogP contribution in [0.15, 0.2) is 48.5 Å². The van der Waals surface area contributed by atoms with Gasteiger partial charge in [-0.25, -0.2) is 4.98 Å². The van der Waals surface area contributed by atoms with Crippen LogP contribution in [0.2, 0.25) is 0 Å². The smallest absolute Gasteiger partial charge is 0.269 e. The summed E-state index contributed by atoms with van der Waals surface area (Å²) in [6.45, 7) is 9.89. The minimum Gasteiger partial charge on any atom is -0.392 e. The summed E-state index contributed by atoms with van der Waals surface area (Å²) in [5.74, 6) is 0.969. The van der Waals surface area contributed by atoms with E-state index in [4.69, 9.17) is 15.5 Å². The fourth-order valence-electron chi connectivity index (χ4n) is 5.33. The highest BCUT2D eigenvalue weighted by atomic mass is 32.1. The Kier molecular flexibility index (Phi) is 7.23. The Morgan fingerprint density at radius 1 is 1.05 bits per heavy atom. The topological polar surface area (TPSA) is 118 Å². The van der Waals surface area contributed by atoms with Gasteiger partial charge in [0.2, 0.25) is 5.95 Å². The number of benzene rings is 2. The Balaban J connectivity index is 1.27. The van der Waals surface area contributed by atoms with Crippen LogP contribution in [0.25, 0.3) is 11.4 Å². The number of aromatic nitrogens is 3. The molecule has 212 valence electrons. The number of carbonyl (C=O) groups is 1. The maximum atomic E-state index is 13.5. The molecule has 0 aliphatic carbocycles. The fourth-order valence-corrected chi connectivity index (χ4v) is 6.50. The largest absolute Gasteiger partial charge is 0.392 e. The van der Waals surface area contributed by atoms with Crippen LogP contribution in [-0.4, -0.2) is 52.3 Å². The number of fused-ring (bicyclic) bond motifs is 1. The number of morpholine rings is 1. The number of nitrogen functional groups attached to an aromatic ring is 1. The maximum absolute atomic E-state index is 13.5. The molecule has 1 fully saturated rings. The maximum Gasteiger partial charge on any atom is 0.269 e. The van der Waals surface area contributed by atoms with Crippen molar-refractivity contribution in [3.63, 3.8) is 0 Å². The highest BCUT2D eigenvalue weighted by molar-refractivity contribution is 7.14. The molecule has 0 saturated carbocycles. The average molecular weight is 571 g/mol. The van der Waals surface area contributed by atoms with Gasteiger partial charge < -0.3 is 25.4 Å². The molecule has 2 aromatic carbocycles. The molecule has 6 rings (SSSR count). The number of anilines is 3. The zero-order valence-corrected chi connectivity index (χ0v) is 24.4. The lowest BCUT2D eigenvalue weighted by atomic mass is 9.94. The second kappa shape index (κ2) is 10.8. The Morgan fingerprint density at radius 2 is 1.80 bits per heavy atom. The molecule has 3 N–H and O–H groups in total. The number of aliphatic hydroxyl groups excluding tert-OH is 1. The van der Waals surface area contributed by atoms with Gasteiger partial charge in [-0.05, 0) is 40.8 Å². The van der Waals surface area contributed by atoms with Gasteiger partial charge in [-0.1, -0.05) is 45.0 Å². The summed E-state index contributed by atoms with van der Waals surface area (Å²) >= 11 is 1.55. The molecule has 0 bridgehead atoms. The lowest BCUT2D eigenvalue weighted by molar-refractivity contribution is 0.0999. The van der Waals surface area contributed by atoms with Crippen molar-refractivity contribution in [2.45, 2.75) is 45.8 Å². The highest BCUT2D eigenvalue weighted by Gasteiger charge is 2.34. The molecule has 0 radical (unpaired) electrons. The summed E-state index contributed by atoms with van der Waals surface area (Å²) < 4.78 is 5.46. The molecular weight excluding hydrogens is 536 g/mol. The van der Waals surface area contributed by atoms with Crippen LogP contribution in [0.3, 0.4) is 0 Å². The first-order chi connectivity index (χ1) is 19.7. The van der Waals surface area contributed by atoms with E-state index in [1.54, 1.807) is 16.2 Å². The van der Waals surface area contributed by atoms with E-state index in [1.807, 2.05) is 18.2 Å². The Hall–Kier alpha value is -3.86. The van der Waals surface area contributed by atoms with Gasteiger partial charge in [-0.3, -0.25) is 4.79 Å². The quantitative estimate of drug-likeness (QED) is 0.347. The lowest BCUT2D eigenvalue weighted by Gasteiger charge is -2.28. The van der Waals surface area contributed by atoms with Crippen LogP contribution in [0.4, 0.5) is 17.3 Å². The molecule has 0 spiro atoms. The minimum absolute atomic E-state index is 0.0165. The van der Waals surface area contributed by atoms with Crippen molar-refractivity contribution in [1.29, 1.82) is 0 Å². The van der Waals surface area contributed by atoms with E-state index in [0.717, 1.165) is 48.0 Å². The minimum atomic E-state index is -0.278. The predicted octanol–water partition coefficient (Wildman–Crippen LogP) is 4.56. The van der Waals surface area contributed by atoms with Crippen molar-refractivity contribution in [2.75, 3.05) is 41.8 Å². The van der Waals surface area contributed by atoms with Crippen LogP contribution in [0.1, 0.15) is 57.8 Å². The predicted molar refractivity (Wildman–Crippen MR) is 161 cm³/mol. The second-order valence-electron chi connectivity index (χ2n) is 11.4. The van der Waals surface area contributed by atoms with Crippen LogP contribution < -0.4 is 15.5 Å². The van der Waals surface area contributed by atoms with E-state index < -0.39 is 0 Å². The molecule has 4 heterocycles. The summed E-state index contributed by atoms with van der Waals surface area (Å²) in [6, 6.07) is 16.1. The summed E-state index contributed by atoms with van der Waals surface area (Å²) in [6.07, 6.45) is 0.484. The highest BCUT2D eigenvalue weighted by Crippen LogP contribution is 2.40. The van der Waals surface area contributed by atoms with Gasteiger partial charge in [0, 0.05) is 41.2 Å². The van der Waals surface area contributed by atoms with Crippen LogP contribution in [0.5, 0.6) is 0 Å². The Bertz CT molecular complexity index is 1590. The fraction of sp³-hybridized carbons (Fsp3) is 0.355. The van der Waals surface area contributed by atoms with E-state index >= 15 is 0 Å². The molecule has 0 unspecified atom stereocenters. The van der Waals surface area contributed by atoms with Gasteiger partial charge in [0.15, 0.2) is 5.82 Å². The first-order valence-electron chi connectivity index (χ1n) is 13.8. The molecular formula is C31H34N6O3S. The van der Waals surface area contributed by atoms with Gasteiger partial charge >= 0.3 is 0 Å². The third-order valence-corrected chi connectivity index (χ3v) is 9.12. The van der Waals surface area contributed by atoms with Crippen LogP contribution in [-0.2, 0) is 29.7 Å². The number of rotatable bonds is 6. The summed E-state index contributed by atoms with van der Waals surface area (Å²) in [4.78, 5) is 33.0. The molecule has 2 aliphatic heterocycles. The van der Waals surface area contributed by atoms with Crippen molar-refractivity contribution >= 4 is 34.6 Å². The number of hydrogen-bond acceptors (Lipinski definition) is 9. The first-order valence-corrected chi connectivity index (χ1v) is 14.6. The molecule has 0 atom stereocenters. The van der Waals surface area contributed by atoms with Crippen molar-refractivity contribution in [1.82, 2.24) is 15.0 Å². The zero-order chi connectivity index (χ0) is 28.7. The third-order valence-electron chi connectivity index (χ3n) is 7.53. The summed E-state index contributed by atoms with van der Waals surface area (Å²) in [5, 5.41) is 10.5. The van der Waals surface area contributed by atoms with Crippen molar-refractivity contribution in [2.24, 2.45) is 0 Å². The first kappa shape index (κ1) is 27.3. The second-order valence-corrected chi connectivity index (χ2v) is 12.5. The van der Waals surface area contributed by atoms with E-state index in [9.17, 15) is 9.90 Å². The Labute approximate surface area is 243 Å². The van der Waals surface area contributed by atoms with E-state index in [0.29, 0.717) is 41.4 Å². The van der Waals surface area contributed by atoms with Gasteiger partial charge in [0.25, 0.3) is 5.91 Å². The molecule has 1 amide bonds. The number of hydrogen-bond donors (Lipinski definition) is 2. The molecule has 2 aliphatic rings.